The molecule has 5 rings (SSSR count). The van der Waals surface area contributed by atoms with Crippen LogP contribution in [0.15, 0.2) is 65.7 Å². The summed E-state index contributed by atoms with van der Waals surface area (Å²) in [4.78, 5) is 34.1. The summed E-state index contributed by atoms with van der Waals surface area (Å²) in [5.41, 5.74) is 3.77. The lowest BCUT2D eigenvalue weighted by atomic mass is 10.0. The van der Waals surface area contributed by atoms with Crippen molar-refractivity contribution in [2.75, 3.05) is 5.32 Å². The van der Waals surface area contributed by atoms with Crippen molar-refractivity contribution in [3.05, 3.63) is 98.8 Å². The van der Waals surface area contributed by atoms with Crippen molar-refractivity contribution < 1.29 is 9.90 Å². The third-order valence-electron chi connectivity index (χ3n) is 6.34. The number of nitriles is 1. The SMILES string of the molecule is Cc1cc([C@@H](C)Nc2ccc(Cl)nc2C(=O)O)c2nc(-c3cccc(-n4cc(C#N)cn4)c3)n(C)c(=O)c2c1. The number of aromatic nitrogens is 5. The van der Waals surface area contributed by atoms with E-state index < -0.39 is 12.0 Å². The second kappa shape index (κ2) is 10.0. The number of aryl methyl sites for hydroxylation is 1. The number of aromatic carboxylic acids is 1. The molecule has 194 valence electrons. The monoisotopic (exact) mass is 539 g/mol. The number of carbonyl (C=O) groups is 1. The first-order valence-electron chi connectivity index (χ1n) is 11.9. The van der Waals surface area contributed by atoms with E-state index in [9.17, 15) is 14.7 Å². The number of hydrogen-bond donors (Lipinski definition) is 2. The topological polar surface area (TPSA) is 139 Å². The summed E-state index contributed by atoms with van der Waals surface area (Å²) >= 11 is 5.91. The maximum atomic E-state index is 13.5. The highest BCUT2D eigenvalue weighted by molar-refractivity contribution is 6.29. The van der Waals surface area contributed by atoms with Crippen molar-refractivity contribution in [1.29, 1.82) is 5.26 Å². The van der Waals surface area contributed by atoms with Gasteiger partial charge in [0.1, 0.15) is 17.0 Å². The average Bonchev–Trinajstić information content (AvgIpc) is 3.41. The first kappa shape index (κ1) is 25.6. The van der Waals surface area contributed by atoms with Crippen molar-refractivity contribution in [3.63, 3.8) is 0 Å². The molecule has 0 bridgehead atoms. The third kappa shape index (κ3) is 4.83. The van der Waals surface area contributed by atoms with Crippen molar-refractivity contribution in [1.82, 2.24) is 24.3 Å². The van der Waals surface area contributed by atoms with Crippen molar-refractivity contribution in [3.8, 4) is 23.1 Å². The van der Waals surface area contributed by atoms with E-state index >= 15 is 0 Å². The molecule has 0 unspecified atom stereocenters. The summed E-state index contributed by atoms with van der Waals surface area (Å²) in [6.45, 7) is 3.75. The van der Waals surface area contributed by atoms with Crippen LogP contribution < -0.4 is 10.9 Å². The number of benzene rings is 2. The van der Waals surface area contributed by atoms with Crippen LogP contribution in [0.1, 0.15) is 40.1 Å². The van der Waals surface area contributed by atoms with Crippen molar-refractivity contribution in [2.45, 2.75) is 19.9 Å². The Labute approximate surface area is 227 Å². The van der Waals surface area contributed by atoms with Gasteiger partial charge in [0.15, 0.2) is 5.69 Å². The first-order chi connectivity index (χ1) is 18.7. The first-order valence-corrected chi connectivity index (χ1v) is 12.3. The van der Waals surface area contributed by atoms with Crippen LogP contribution >= 0.6 is 11.6 Å². The zero-order valence-electron chi connectivity index (χ0n) is 21.2. The van der Waals surface area contributed by atoms with Crippen LogP contribution in [0.2, 0.25) is 5.15 Å². The molecule has 2 aromatic carbocycles. The smallest absolute Gasteiger partial charge is 0.356 e. The van der Waals surface area contributed by atoms with Gasteiger partial charge in [-0.1, -0.05) is 29.8 Å². The van der Waals surface area contributed by atoms with Gasteiger partial charge in [0, 0.05) is 24.4 Å². The fraction of sp³-hybridized carbons (Fsp3) is 0.143. The van der Waals surface area contributed by atoms with Crippen LogP contribution in [-0.4, -0.2) is 35.4 Å². The third-order valence-corrected chi connectivity index (χ3v) is 6.55. The van der Waals surface area contributed by atoms with E-state index in [2.05, 4.69) is 21.5 Å². The van der Waals surface area contributed by atoms with Gasteiger partial charge in [0.2, 0.25) is 0 Å². The minimum Gasteiger partial charge on any atom is -0.476 e. The Bertz CT molecular complexity index is 1870. The van der Waals surface area contributed by atoms with Crippen LogP contribution in [0.5, 0.6) is 0 Å². The number of fused-ring (bicyclic) bond motifs is 1. The molecule has 0 radical (unpaired) electrons. The molecule has 39 heavy (non-hydrogen) atoms. The molecule has 10 nitrogen and oxygen atoms in total. The second-order valence-electron chi connectivity index (χ2n) is 9.09. The molecule has 1 atom stereocenters. The Morgan fingerprint density at radius 1 is 1.18 bits per heavy atom. The van der Waals surface area contributed by atoms with E-state index in [-0.39, 0.29) is 16.4 Å². The molecule has 0 saturated heterocycles. The molecule has 2 N–H and O–H groups in total. The van der Waals surface area contributed by atoms with Gasteiger partial charge in [-0.25, -0.2) is 19.4 Å². The molecule has 3 heterocycles. The van der Waals surface area contributed by atoms with E-state index in [4.69, 9.17) is 21.8 Å². The molecule has 0 spiro atoms. The lowest BCUT2D eigenvalue weighted by molar-refractivity contribution is 0.0691. The number of anilines is 1. The molecule has 5 aromatic rings. The predicted molar refractivity (Wildman–Crippen MR) is 147 cm³/mol. The molecule has 0 saturated carbocycles. The molecule has 0 aliphatic carbocycles. The van der Waals surface area contributed by atoms with Crippen molar-refractivity contribution >= 4 is 34.2 Å². The largest absolute Gasteiger partial charge is 0.476 e. The number of pyridine rings is 1. The highest BCUT2D eigenvalue weighted by atomic mass is 35.5. The summed E-state index contributed by atoms with van der Waals surface area (Å²) in [7, 11) is 1.67. The number of hydrogen-bond acceptors (Lipinski definition) is 7. The fourth-order valence-electron chi connectivity index (χ4n) is 4.48. The Morgan fingerprint density at radius 3 is 2.69 bits per heavy atom. The van der Waals surface area contributed by atoms with Crippen LogP contribution in [0.4, 0.5) is 5.69 Å². The van der Waals surface area contributed by atoms with Gasteiger partial charge in [-0.3, -0.25) is 9.36 Å². The molecule has 0 fully saturated rings. The fourth-order valence-corrected chi connectivity index (χ4v) is 4.62. The Kier molecular flexibility index (Phi) is 6.60. The van der Waals surface area contributed by atoms with E-state index in [1.165, 1.54) is 16.8 Å². The number of carboxylic acid groups (broad SMARTS) is 1. The standard InChI is InChI=1S/C28H22ClN7O3/c1-15-9-20(16(2)32-22-7-8-23(29)33-25(22)28(38)39)24-21(10-15)27(37)35(3)26(34-24)18-5-4-6-19(11-18)36-14-17(12-30)13-31-36/h4-11,13-14,16,32H,1-3H3,(H,38,39)/t16-/m1/s1. The van der Waals surface area contributed by atoms with E-state index in [1.54, 1.807) is 30.1 Å². The highest BCUT2D eigenvalue weighted by Gasteiger charge is 2.20. The number of rotatable bonds is 6. The van der Waals surface area contributed by atoms with Gasteiger partial charge in [0.05, 0.1) is 40.1 Å². The predicted octanol–water partition coefficient (Wildman–Crippen LogP) is 4.89. The van der Waals surface area contributed by atoms with E-state index in [1.807, 2.05) is 44.2 Å². The lowest BCUT2D eigenvalue weighted by Crippen LogP contribution is -2.22. The molecule has 0 aliphatic rings. The molecule has 3 aromatic heterocycles. The molecule has 0 amide bonds. The quantitative estimate of drug-likeness (QED) is 0.291. The summed E-state index contributed by atoms with van der Waals surface area (Å²) in [6, 6.07) is 15.8. The highest BCUT2D eigenvalue weighted by Crippen LogP contribution is 2.30. The lowest BCUT2D eigenvalue weighted by Gasteiger charge is -2.20. The van der Waals surface area contributed by atoms with Gasteiger partial charge in [-0.15, -0.1) is 0 Å². The van der Waals surface area contributed by atoms with Gasteiger partial charge < -0.3 is 10.4 Å². The summed E-state index contributed by atoms with van der Waals surface area (Å²) < 4.78 is 3.08. The van der Waals surface area contributed by atoms with Gasteiger partial charge in [-0.2, -0.15) is 10.4 Å². The normalized spacial score (nSPS) is 11.8. The Morgan fingerprint density at radius 2 is 1.97 bits per heavy atom. The van der Waals surface area contributed by atoms with E-state index in [0.29, 0.717) is 39.2 Å². The van der Waals surface area contributed by atoms with Crippen LogP contribution in [0, 0.1) is 18.3 Å². The maximum Gasteiger partial charge on any atom is 0.356 e. The molecular weight excluding hydrogens is 518 g/mol. The molecule has 0 aliphatic heterocycles. The summed E-state index contributed by atoms with van der Waals surface area (Å²) in [5, 5.41) is 26.7. The van der Waals surface area contributed by atoms with Gasteiger partial charge in [0.25, 0.3) is 5.56 Å². The van der Waals surface area contributed by atoms with Crippen molar-refractivity contribution in [2.24, 2.45) is 7.05 Å². The second-order valence-corrected chi connectivity index (χ2v) is 9.47. The molecule has 11 heteroatoms. The van der Waals surface area contributed by atoms with Crippen LogP contribution in [-0.2, 0) is 7.05 Å². The van der Waals surface area contributed by atoms with E-state index in [0.717, 1.165) is 11.1 Å². The Balaban J connectivity index is 1.64. The minimum absolute atomic E-state index is 0.0719. The Hall–Kier alpha value is -5.01. The number of carboxylic acids is 1. The summed E-state index contributed by atoms with van der Waals surface area (Å²) in [6.07, 6.45) is 3.10. The van der Waals surface area contributed by atoms with Crippen LogP contribution in [0.25, 0.3) is 28.0 Å². The number of halogens is 1. The number of nitrogens with zero attached hydrogens (tertiary/aromatic N) is 6. The van der Waals surface area contributed by atoms with Gasteiger partial charge >= 0.3 is 5.97 Å². The molecular formula is C28H22ClN7O3. The average molecular weight is 540 g/mol. The van der Waals surface area contributed by atoms with Crippen LogP contribution in [0.3, 0.4) is 0 Å². The van der Waals surface area contributed by atoms with Gasteiger partial charge in [-0.05, 0) is 49.7 Å². The zero-order valence-corrected chi connectivity index (χ0v) is 21.9. The maximum absolute atomic E-state index is 13.5. The number of nitrogens with one attached hydrogen (secondary N) is 1. The zero-order chi connectivity index (χ0) is 27.8. The summed E-state index contributed by atoms with van der Waals surface area (Å²) in [5.74, 6) is -0.770. The minimum atomic E-state index is -1.21.